The Bertz CT molecular complexity index is 409. The second-order valence-electron chi connectivity index (χ2n) is 5.76. The molecule has 0 aromatic heterocycles. The summed E-state index contributed by atoms with van der Waals surface area (Å²) in [5, 5.41) is 3.41. The number of hydrogen-bond acceptors (Lipinski definition) is 2. The summed E-state index contributed by atoms with van der Waals surface area (Å²) in [7, 11) is 2.05. The molecule has 0 heterocycles. The first kappa shape index (κ1) is 13.4. The number of hydrogen-bond donors (Lipinski definition) is 1. The normalized spacial score (nSPS) is 30.9. The first-order chi connectivity index (χ1) is 8.52. The zero-order chi connectivity index (χ0) is 13.3. The number of para-hydroxylation sites is 1. The molecular formula is C16H25NO. The largest absolute Gasteiger partial charge is 0.489 e. The van der Waals surface area contributed by atoms with Gasteiger partial charge in [-0.2, -0.15) is 0 Å². The highest BCUT2D eigenvalue weighted by molar-refractivity contribution is 5.40. The molecule has 0 saturated heterocycles. The molecule has 3 atom stereocenters. The van der Waals surface area contributed by atoms with Crippen LogP contribution in [0.3, 0.4) is 0 Å². The van der Waals surface area contributed by atoms with Crippen LogP contribution in [0.5, 0.6) is 5.75 Å². The molecule has 2 rings (SSSR count). The molecule has 1 N–H and O–H groups in total. The summed E-state index contributed by atoms with van der Waals surface area (Å²) in [4.78, 5) is 0. The van der Waals surface area contributed by atoms with Crippen molar-refractivity contribution in [1.29, 1.82) is 0 Å². The van der Waals surface area contributed by atoms with Crippen LogP contribution in [-0.4, -0.2) is 19.2 Å². The van der Waals surface area contributed by atoms with Crippen LogP contribution in [0, 0.1) is 19.3 Å². The van der Waals surface area contributed by atoms with Crippen molar-refractivity contribution < 1.29 is 4.74 Å². The molecule has 100 valence electrons. The van der Waals surface area contributed by atoms with Crippen LogP contribution >= 0.6 is 0 Å². The van der Waals surface area contributed by atoms with Crippen molar-refractivity contribution in [1.82, 2.24) is 5.32 Å². The van der Waals surface area contributed by atoms with Crippen LogP contribution in [-0.2, 0) is 0 Å². The predicted molar refractivity (Wildman–Crippen MR) is 76.2 cm³/mol. The molecular weight excluding hydrogens is 222 g/mol. The molecule has 3 unspecified atom stereocenters. The van der Waals surface area contributed by atoms with Crippen molar-refractivity contribution >= 4 is 0 Å². The SMILES string of the molecule is CCC1(C)C(NC)CC1Oc1c(C)cccc1C. The summed E-state index contributed by atoms with van der Waals surface area (Å²) in [6, 6.07) is 6.92. The van der Waals surface area contributed by atoms with Crippen LogP contribution in [0.4, 0.5) is 0 Å². The van der Waals surface area contributed by atoms with Gasteiger partial charge in [0, 0.05) is 17.9 Å². The fraction of sp³-hybridized carbons (Fsp3) is 0.625. The van der Waals surface area contributed by atoms with Crippen molar-refractivity contribution in [2.75, 3.05) is 7.05 Å². The van der Waals surface area contributed by atoms with Gasteiger partial charge in [0.25, 0.3) is 0 Å². The summed E-state index contributed by atoms with van der Waals surface area (Å²) in [5.41, 5.74) is 2.73. The molecule has 18 heavy (non-hydrogen) atoms. The lowest BCUT2D eigenvalue weighted by molar-refractivity contribution is -0.0683. The van der Waals surface area contributed by atoms with Gasteiger partial charge in [-0.3, -0.25) is 0 Å². The fourth-order valence-electron chi connectivity index (χ4n) is 3.05. The third-order valence-electron chi connectivity index (χ3n) is 4.76. The number of rotatable bonds is 4. The molecule has 2 heteroatoms. The molecule has 1 aromatic rings. The van der Waals surface area contributed by atoms with Gasteiger partial charge in [0.15, 0.2) is 0 Å². The third kappa shape index (κ3) is 2.03. The van der Waals surface area contributed by atoms with Gasteiger partial charge in [-0.25, -0.2) is 0 Å². The molecule has 1 aliphatic carbocycles. The maximum Gasteiger partial charge on any atom is 0.125 e. The molecule has 0 bridgehead atoms. The van der Waals surface area contributed by atoms with Crippen molar-refractivity contribution in [2.24, 2.45) is 5.41 Å². The van der Waals surface area contributed by atoms with E-state index in [1.807, 2.05) is 7.05 Å². The van der Waals surface area contributed by atoms with Crippen LogP contribution in [0.15, 0.2) is 18.2 Å². The van der Waals surface area contributed by atoms with E-state index in [0.29, 0.717) is 12.1 Å². The molecule has 1 fully saturated rings. The molecule has 1 aromatic carbocycles. The Morgan fingerprint density at radius 3 is 2.44 bits per heavy atom. The Hall–Kier alpha value is -1.02. The standard InChI is InChI=1S/C16H25NO/c1-6-16(4)13(17-5)10-14(16)18-15-11(2)8-7-9-12(15)3/h7-9,13-14,17H,6,10H2,1-5H3. The second-order valence-corrected chi connectivity index (χ2v) is 5.76. The van der Waals surface area contributed by atoms with Gasteiger partial charge in [-0.1, -0.05) is 32.0 Å². The van der Waals surface area contributed by atoms with E-state index in [2.05, 4.69) is 51.2 Å². The summed E-state index contributed by atoms with van der Waals surface area (Å²) in [6.45, 7) is 8.83. The average Bonchev–Trinajstić information content (AvgIpc) is 2.35. The Balaban J connectivity index is 2.16. The zero-order valence-corrected chi connectivity index (χ0v) is 12.2. The first-order valence-electron chi connectivity index (χ1n) is 6.93. The van der Waals surface area contributed by atoms with E-state index in [1.165, 1.54) is 11.1 Å². The molecule has 1 aliphatic rings. The van der Waals surface area contributed by atoms with Gasteiger partial charge in [-0.15, -0.1) is 0 Å². The van der Waals surface area contributed by atoms with Gasteiger partial charge < -0.3 is 10.1 Å². The van der Waals surface area contributed by atoms with Gasteiger partial charge in [-0.05, 0) is 38.4 Å². The van der Waals surface area contributed by atoms with Gasteiger partial charge in [0.1, 0.15) is 11.9 Å². The van der Waals surface area contributed by atoms with Gasteiger partial charge in [0.05, 0.1) is 0 Å². The average molecular weight is 247 g/mol. The van der Waals surface area contributed by atoms with Crippen LogP contribution < -0.4 is 10.1 Å². The second kappa shape index (κ2) is 4.93. The minimum atomic E-state index is 0.253. The minimum absolute atomic E-state index is 0.253. The topological polar surface area (TPSA) is 21.3 Å². The van der Waals surface area contributed by atoms with E-state index < -0.39 is 0 Å². The lowest BCUT2D eigenvalue weighted by atomic mass is 9.61. The first-order valence-corrected chi connectivity index (χ1v) is 6.93. The highest BCUT2D eigenvalue weighted by Crippen LogP contribution is 2.46. The van der Waals surface area contributed by atoms with Crippen LogP contribution in [0.25, 0.3) is 0 Å². The van der Waals surface area contributed by atoms with E-state index in [1.54, 1.807) is 0 Å². The summed E-state index contributed by atoms with van der Waals surface area (Å²) in [6.07, 6.45) is 2.59. The maximum absolute atomic E-state index is 6.31. The molecule has 0 spiro atoms. The molecule has 2 nitrogen and oxygen atoms in total. The van der Waals surface area contributed by atoms with Gasteiger partial charge >= 0.3 is 0 Å². The molecule has 1 saturated carbocycles. The van der Waals surface area contributed by atoms with E-state index in [9.17, 15) is 0 Å². The van der Waals surface area contributed by atoms with Crippen LogP contribution in [0.2, 0.25) is 0 Å². The lowest BCUT2D eigenvalue weighted by Gasteiger charge is -2.53. The third-order valence-corrected chi connectivity index (χ3v) is 4.76. The van der Waals surface area contributed by atoms with E-state index in [-0.39, 0.29) is 5.41 Å². The van der Waals surface area contributed by atoms with E-state index in [0.717, 1.165) is 18.6 Å². The fourth-order valence-corrected chi connectivity index (χ4v) is 3.05. The Kier molecular flexibility index (Phi) is 3.67. The Labute approximate surface area is 111 Å². The molecule has 0 amide bonds. The number of aryl methyl sites for hydroxylation is 2. The summed E-state index contributed by atoms with van der Waals surface area (Å²) < 4.78 is 6.31. The predicted octanol–water partition coefficient (Wildman–Crippen LogP) is 3.46. The van der Waals surface area contributed by atoms with Crippen LogP contribution in [0.1, 0.15) is 37.8 Å². The van der Waals surface area contributed by atoms with Crippen molar-refractivity contribution in [3.05, 3.63) is 29.3 Å². The van der Waals surface area contributed by atoms with E-state index >= 15 is 0 Å². The zero-order valence-electron chi connectivity index (χ0n) is 12.2. The minimum Gasteiger partial charge on any atom is -0.489 e. The Morgan fingerprint density at radius 1 is 1.33 bits per heavy atom. The lowest BCUT2D eigenvalue weighted by Crippen LogP contribution is -2.62. The van der Waals surface area contributed by atoms with Crippen molar-refractivity contribution in [2.45, 2.75) is 52.7 Å². The van der Waals surface area contributed by atoms with Crippen molar-refractivity contribution in [3.8, 4) is 5.75 Å². The highest BCUT2D eigenvalue weighted by Gasteiger charge is 2.51. The summed E-state index contributed by atoms with van der Waals surface area (Å²) >= 11 is 0. The number of benzene rings is 1. The molecule has 0 aliphatic heterocycles. The maximum atomic E-state index is 6.31. The molecule has 0 radical (unpaired) electrons. The highest BCUT2D eigenvalue weighted by atomic mass is 16.5. The Morgan fingerprint density at radius 2 is 1.94 bits per heavy atom. The van der Waals surface area contributed by atoms with Gasteiger partial charge in [0.2, 0.25) is 0 Å². The quantitative estimate of drug-likeness (QED) is 0.879. The van der Waals surface area contributed by atoms with Crippen molar-refractivity contribution in [3.63, 3.8) is 0 Å². The number of ether oxygens (including phenoxy) is 1. The summed E-state index contributed by atoms with van der Waals surface area (Å²) in [5.74, 6) is 1.08. The van der Waals surface area contributed by atoms with E-state index in [4.69, 9.17) is 4.74 Å². The smallest absolute Gasteiger partial charge is 0.125 e. The monoisotopic (exact) mass is 247 g/mol. The number of nitrogens with one attached hydrogen (secondary N) is 1.